The summed E-state index contributed by atoms with van der Waals surface area (Å²) in [4.78, 5) is 47.2. The minimum absolute atomic E-state index is 0.0101. The molecule has 266 valence electrons. The molecule has 4 aromatic heterocycles. The predicted molar refractivity (Wildman–Crippen MR) is 205 cm³/mol. The Hall–Kier alpha value is -5.25. The molecule has 2 aliphatic heterocycles. The zero-order valence-electron chi connectivity index (χ0n) is 30.9. The Bertz CT molecular complexity index is 2200. The van der Waals surface area contributed by atoms with Gasteiger partial charge in [0.15, 0.2) is 0 Å². The summed E-state index contributed by atoms with van der Waals surface area (Å²) in [6.45, 7) is 14.3. The first kappa shape index (κ1) is 35.6. The average Bonchev–Trinajstić information content (AvgIpc) is 3.92. The molecule has 0 spiro atoms. The second kappa shape index (κ2) is 15.3. The van der Waals surface area contributed by atoms with Gasteiger partial charge in [0.2, 0.25) is 5.91 Å². The topological polar surface area (TPSA) is 131 Å². The molecule has 1 amide bonds. The van der Waals surface area contributed by atoms with E-state index in [9.17, 15) is 9.59 Å². The third kappa shape index (κ3) is 7.45. The van der Waals surface area contributed by atoms with Gasteiger partial charge in [-0.05, 0) is 129 Å². The molecule has 2 aliphatic rings. The fraction of sp³-hybridized carbons (Fsp3) is 0.390. The number of nitrogens with zero attached hydrogens (tertiary/aromatic N) is 4. The Labute approximate surface area is 299 Å². The highest BCUT2D eigenvalue weighted by Gasteiger charge is 2.22. The number of methoxy groups -OCH3 is 1. The first-order valence-electron chi connectivity index (χ1n) is 18.0. The first-order valence-corrected chi connectivity index (χ1v) is 18.0. The van der Waals surface area contributed by atoms with Crippen LogP contribution in [0.2, 0.25) is 0 Å². The number of nitrogens with one attached hydrogen (secondary N) is 3. The summed E-state index contributed by atoms with van der Waals surface area (Å²) >= 11 is 0. The molecule has 10 heteroatoms. The second-order valence-corrected chi connectivity index (χ2v) is 13.4. The third-order valence-corrected chi connectivity index (χ3v) is 10.4. The lowest BCUT2D eigenvalue weighted by atomic mass is 9.99. The summed E-state index contributed by atoms with van der Waals surface area (Å²) in [6.07, 6.45) is 9.71. The molecule has 0 saturated heterocycles. The Morgan fingerprint density at radius 1 is 0.765 bits per heavy atom. The highest BCUT2D eigenvalue weighted by molar-refractivity contribution is 5.96. The number of rotatable bonds is 12. The fourth-order valence-corrected chi connectivity index (χ4v) is 7.32. The van der Waals surface area contributed by atoms with Gasteiger partial charge in [-0.25, -0.2) is 15.0 Å². The van der Waals surface area contributed by atoms with Crippen LogP contribution in [0.5, 0.6) is 0 Å². The Morgan fingerprint density at radius 3 is 2.08 bits per heavy atom. The number of carbonyl (C=O) groups excluding carboxylic acids is 2. The molecule has 0 fully saturated rings. The molecule has 0 unspecified atom stereocenters. The molecule has 0 saturated carbocycles. The molecule has 0 aromatic carbocycles. The number of allylic oxidation sites excluding steroid dienone is 4. The van der Waals surface area contributed by atoms with Gasteiger partial charge in [0.25, 0.3) is 0 Å². The standard InChI is InChI=1S/C41H49N7O3/c1-8-28-24(3)32-19-33-26(5)30(11-13-40(49)43-15-10-17-48-18-16-42-23-48)38(46-33)22-39-31(12-14-41(50)51-7)27(6)35(47-39)21-37-29(9-2)25(4)34(45-37)20-36(28)44-32/h16,18-23,45,47H,8-15,17H2,1-7H3,(H,43,49). The van der Waals surface area contributed by atoms with E-state index in [0.29, 0.717) is 25.8 Å². The van der Waals surface area contributed by atoms with Crippen molar-refractivity contribution in [2.75, 3.05) is 13.7 Å². The van der Waals surface area contributed by atoms with Crippen molar-refractivity contribution in [2.45, 2.75) is 93.0 Å². The Balaban J connectivity index is 1.49. The van der Waals surface area contributed by atoms with Gasteiger partial charge < -0.3 is 24.6 Å². The SMILES string of the molecule is CCC1=C(C)c2cc3nc(cc4[nH]c(cc5[nH]c(cc1n2)c(C)c5CC)c(C)c4CCC(=O)OC)C(CCC(=O)NCCCn1ccnc1)=C3C. The Kier molecular flexibility index (Phi) is 10.7. The summed E-state index contributed by atoms with van der Waals surface area (Å²) < 4.78 is 7.02. The number of aromatic nitrogens is 6. The van der Waals surface area contributed by atoms with E-state index in [4.69, 9.17) is 14.7 Å². The van der Waals surface area contributed by atoms with E-state index in [1.165, 1.54) is 23.8 Å². The molecule has 6 rings (SSSR count). The molecule has 3 N–H and O–H groups in total. The number of ether oxygens (including phenoxy) is 1. The van der Waals surface area contributed by atoms with Crippen LogP contribution in [0.3, 0.4) is 0 Å². The predicted octanol–water partition coefficient (Wildman–Crippen LogP) is 8.05. The number of hydrogen-bond donors (Lipinski definition) is 3. The average molecular weight is 688 g/mol. The number of carbonyl (C=O) groups is 2. The van der Waals surface area contributed by atoms with Crippen molar-refractivity contribution in [1.29, 1.82) is 0 Å². The monoisotopic (exact) mass is 687 g/mol. The Morgan fingerprint density at radius 2 is 1.41 bits per heavy atom. The summed E-state index contributed by atoms with van der Waals surface area (Å²) in [5.74, 6) is -0.242. The molecule has 0 aliphatic carbocycles. The first-order chi connectivity index (χ1) is 24.6. The fourth-order valence-electron chi connectivity index (χ4n) is 7.32. The van der Waals surface area contributed by atoms with E-state index in [1.54, 1.807) is 12.5 Å². The van der Waals surface area contributed by atoms with Gasteiger partial charge >= 0.3 is 5.97 Å². The largest absolute Gasteiger partial charge is 0.469 e. The van der Waals surface area contributed by atoms with Crippen LogP contribution in [0.25, 0.3) is 44.4 Å². The summed E-state index contributed by atoms with van der Waals surface area (Å²) in [6, 6.07) is 8.53. The minimum Gasteiger partial charge on any atom is -0.469 e. The molecular formula is C41H49N7O3. The number of amides is 1. The van der Waals surface area contributed by atoms with Gasteiger partial charge in [-0.1, -0.05) is 13.8 Å². The van der Waals surface area contributed by atoms with Crippen LogP contribution in [-0.2, 0) is 33.7 Å². The van der Waals surface area contributed by atoms with Crippen molar-refractivity contribution in [1.82, 2.24) is 34.8 Å². The number of fused-ring (bicyclic) bond motifs is 8. The van der Waals surface area contributed by atoms with Crippen molar-refractivity contribution >= 4 is 56.2 Å². The van der Waals surface area contributed by atoms with Crippen molar-refractivity contribution in [3.8, 4) is 0 Å². The van der Waals surface area contributed by atoms with Crippen molar-refractivity contribution in [2.24, 2.45) is 0 Å². The van der Waals surface area contributed by atoms with Crippen molar-refractivity contribution in [3.63, 3.8) is 0 Å². The van der Waals surface area contributed by atoms with Crippen LogP contribution in [0.1, 0.15) is 105 Å². The normalized spacial score (nSPS) is 12.9. The van der Waals surface area contributed by atoms with Gasteiger partial charge in [-0.3, -0.25) is 9.59 Å². The van der Waals surface area contributed by atoms with E-state index < -0.39 is 0 Å². The molecular weight excluding hydrogens is 638 g/mol. The third-order valence-electron chi connectivity index (χ3n) is 10.4. The number of aromatic amines is 2. The molecule has 4 aromatic rings. The molecule has 0 atom stereocenters. The minimum atomic E-state index is -0.252. The van der Waals surface area contributed by atoms with Crippen molar-refractivity contribution in [3.05, 3.63) is 88.0 Å². The number of aryl methyl sites for hydroxylation is 5. The van der Waals surface area contributed by atoms with Crippen LogP contribution in [0.4, 0.5) is 0 Å². The summed E-state index contributed by atoms with van der Waals surface area (Å²) in [5.41, 5.74) is 16.5. The number of hydrogen-bond acceptors (Lipinski definition) is 6. The lowest BCUT2D eigenvalue weighted by Gasteiger charge is -2.08. The quantitative estimate of drug-likeness (QED) is 0.102. The van der Waals surface area contributed by atoms with Crippen LogP contribution in [-0.4, -0.2) is 55.0 Å². The number of imidazole rings is 1. The van der Waals surface area contributed by atoms with Gasteiger partial charge in [0, 0.05) is 60.4 Å². The molecule has 0 radical (unpaired) electrons. The van der Waals surface area contributed by atoms with Crippen LogP contribution >= 0.6 is 0 Å². The lowest BCUT2D eigenvalue weighted by Crippen LogP contribution is -2.24. The second-order valence-electron chi connectivity index (χ2n) is 13.4. The smallest absolute Gasteiger partial charge is 0.305 e. The van der Waals surface area contributed by atoms with Gasteiger partial charge in [-0.2, -0.15) is 0 Å². The maximum Gasteiger partial charge on any atom is 0.305 e. The van der Waals surface area contributed by atoms with E-state index >= 15 is 0 Å². The van der Waals surface area contributed by atoms with E-state index in [2.05, 4.69) is 86.1 Å². The van der Waals surface area contributed by atoms with Gasteiger partial charge in [0.1, 0.15) is 0 Å². The maximum atomic E-state index is 13.1. The molecule has 51 heavy (non-hydrogen) atoms. The lowest BCUT2D eigenvalue weighted by molar-refractivity contribution is -0.140. The maximum absolute atomic E-state index is 13.1. The van der Waals surface area contributed by atoms with E-state index in [1.807, 2.05) is 10.8 Å². The highest BCUT2D eigenvalue weighted by Crippen LogP contribution is 2.37. The van der Waals surface area contributed by atoms with Gasteiger partial charge in [0.05, 0.1) is 36.2 Å². The van der Waals surface area contributed by atoms with E-state index in [0.717, 1.165) is 98.5 Å². The van der Waals surface area contributed by atoms with Crippen LogP contribution in [0.15, 0.2) is 43.0 Å². The summed E-state index contributed by atoms with van der Waals surface area (Å²) in [7, 11) is 1.42. The number of esters is 1. The van der Waals surface area contributed by atoms with Crippen LogP contribution in [0, 0.1) is 13.8 Å². The molecule has 6 heterocycles. The van der Waals surface area contributed by atoms with E-state index in [-0.39, 0.29) is 18.3 Å². The van der Waals surface area contributed by atoms with Gasteiger partial charge in [-0.15, -0.1) is 0 Å². The zero-order valence-corrected chi connectivity index (χ0v) is 30.9. The number of H-pyrrole nitrogens is 2. The summed E-state index contributed by atoms with van der Waals surface area (Å²) in [5, 5.41) is 3.08. The van der Waals surface area contributed by atoms with Crippen LogP contribution < -0.4 is 5.32 Å². The highest BCUT2D eigenvalue weighted by atomic mass is 16.5. The van der Waals surface area contributed by atoms with Crippen molar-refractivity contribution < 1.29 is 14.3 Å². The zero-order chi connectivity index (χ0) is 36.2. The molecule has 10 nitrogen and oxygen atoms in total. The molecule has 8 bridgehead atoms.